The van der Waals surface area contributed by atoms with Crippen molar-refractivity contribution >= 4 is 13.8 Å². The third kappa shape index (κ3) is 55.8. The molecule has 0 amide bonds. The fourth-order valence-electron chi connectivity index (χ4n) is 8.53. The van der Waals surface area contributed by atoms with Gasteiger partial charge >= 0.3 is 13.8 Å². The summed E-state index contributed by atoms with van der Waals surface area (Å²) < 4.78 is 35.3. The van der Waals surface area contributed by atoms with Crippen LogP contribution in [0, 0.1) is 0 Å². The van der Waals surface area contributed by atoms with Crippen molar-refractivity contribution in [3.8, 4) is 0 Å². The minimum Gasteiger partial charge on any atom is -0.457 e. The van der Waals surface area contributed by atoms with Crippen LogP contribution >= 0.6 is 7.82 Å². The second kappa shape index (κ2) is 51.3. The van der Waals surface area contributed by atoms with Crippen molar-refractivity contribution in [1.82, 2.24) is 0 Å². The molecule has 0 aliphatic heterocycles. The number of ether oxygens (including phenoxy) is 2. The zero-order chi connectivity index (χ0) is 49.0. The smallest absolute Gasteiger partial charge is 0.457 e. The Kier molecular flexibility index (Phi) is 50.6. The molecule has 0 radical (unpaired) electrons. The summed E-state index contributed by atoms with van der Waals surface area (Å²) in [6, 6.07) is 0. The molecular weight excluding hydrogens is 854 g/mol. The van der Waals surface area contributed by atoms with Crippen molar-refractivity contribution < 1.29 is 37.3 Å². The van der Waals surface area contributed by atoms with Gasteiger partial charge in [0.25, 0.3) is 0 Å². The van der Waals surface area contributed by atoms with Crippen molar-refractivity contribution in [1.29, 1.82) is 0 Å². The topological polar surface area (TPSA) is 91.3 Å². The summed E-state index contributed by atoms with van der Waals surface area (Å²) in [7, 11) is 1.68. The van der Waals surface area contributed by atoms with Crippen molar-refractivity contribution in [2.75, 3.05) is 54.1 Å². The zero-order valence-corrected chi connectivity index (χ0v) is 46.3. The van der Waals surface area contributed by atoms with Gasteiger partial charge in [-0.2, -0.15) is 0 Å². The molecule has 67 heavy (non-hydrogen) atoms. The summed E-state index contributed by atoms with van der Waals surface area (Å²) in [4.78, 5) is 23.1. The molecule has 2 atom stereocenters. The molecule has 0 aromatic heterocycles. The lowest BCUT2D eigenvalue weighted by molar-refractivity contribution is -0.870. The Labute approximate surface area is 417 Å². The van der Waals surface area contributed by atoms with Crippen LogP contribution in [0.1, 0.15) is 284 Å². The molecule has 0 bridgehead atoms. The molecule has 0 fully saturated rings. The molecule has 0 spiro atoms. The van der Waals surface area contributed by atoms with Gasteiger partial charge in [-0.1, -0.05) is 256 Å². The molecule has 8 nitrogen and oxygen atoms in total. The molecule has 0 aliphatic carbocycles. The first-order chi connectivity index (χ1) is 32.6. The Balaban J connectivity index is 4.04. The first kappa shape index (κ1) is 66.0. The molecular formula is C58H115NO7P+. The number of carbonyl (C=O) groups is 1. The maximum atomic E-state index is 12.8. The minimum atomic E-state index is -4.28. The van der Waals surface area contributed by atoms with Crippen LogP contribution in [0.4, 0.5) is 0 Å². The SMILES string of the molecule is CCCCCCC/C=C\C/C=C\CCCCCCCCCCCCCC(=O)OC(COCCCCCCCCCCCCCCCCCCCCCCCC)COP(=O)(O)OCC[N+](C)(C)C. The van der Waals surface area contributed by atoms with E-state index in [4.69, 9.17) is 18.5 Å². The number of quaternary nitrogens is 1. The average Bonchev–Trinajstić information content (AvgIpc) is 3.29. The van der Waals surface area contributed by atoms with E-state index in [2.05, 4.69) is 38.2 Å². The summed E-state index contributed by atoms with van der Waals surface area (Å²) >= 11 is 0. The second-order valence-corrected chi connectivity index (χ2v) is 22.5. The number of phosphoric acid groups is 1. The summed E-state index contributed by atoms with van der Waals surface area (Å²) in [6.45, 7) is 5.68. The molecule has 0 heterocycles. The summed E-state index contributed by atoms with van der Waals surface area (Å²) in [5, 5.41) is 0. The van der Waals surface area contributed by atoms with E-state index < -0.39 is 13.9 Å². The summed E-state index contributed by atoms with van der Waals surface area (Å²) in [5.41, 5.74) is 0. The van der Waals surface area contributed by atoms with Gasteiger partial charge in [0.2, 0.25) is 0 Å². The van der Waals surface area contributed by atoms with Crippen molar-refractivity contribution in [2.45, 2.75) is 290 Å². The summed E-state index contributed by atoms with van der Waals surface area (Å²) in [6.07, 6.45) is 62.4. The summed E-state index contributed by atoms with van der Waals surface area (Å²) in [5.74, 6) is -0.309. The molecule has 2 unspecified atom stereocenters. The highest BCUT2D eigenvalue weighted by Gasteiger charge is 2.26. The second-order valence-electron chi connectivity index (χ2n) is 21.0. The first-order valence-electron chi connectivity index (χ1n) is 29.1. The molecule has 0 aromatic rings. The monoisotopic (exact) mass is 969 g/mol. The quantitative estimate of drug-likeness (QED) is 0.0213. The van der Waals surface area contributed by atoms with E-state index in [9.17, 15) is 14.3 Å². The van der Waals surface area contributed by atoms with Crippen LogP contribution in [0.3, 0.4) is 0 Å². The highest BCUT2D eigenvalue weighted by Crippen LogP contribution is 2.43. The number of hydrogen-bond donors (Lipinski definition) is 1. The molecule has 0 saturated carbocycles. The Hall–Kier alpha value is -1.02. The van der Waals surface area contributed by atoms with Crippen LogP contribution in [0.15, 0.2) is 24.3 Å². The Morgan fingerprint density at radius 1 is 0.463 bits per heavy atom. The lowest BCUT2D eigenvalue weighted by Crippen LogP contribution is -2.37. The van der Waals surface area contributed by atoms with Gasteiger partial charge in [0.15, 0.2) is 0 Å². The predicted octanol–water partition coefficient (Wildman–Crippen LogP) is 18.3. The van der Waals surface area contributed by atoms with Gasteiger partial charge in [-0.25, -0.2) is 4.57 Å². The van der Waals surface area contributed by atoms with Crippen LogP contribution in [-0.4, -0.2) is 75.6 Å². The van der Waals surface area contributed by atoms with E-state index in [0.717, 1.165) is 38.5 Å². The molecule has 398 valence electrons. The van der Waals surface area contributed by atoms with Crippen molar-refractivity contribution in [3.63, 3.8) is 0 Å². The van der Waals surface area contributed by atoms with Crippen LogP contribution in [0.2, 0.25) is 0 Å². The average molecular weight is 970 g/mol. The van der Waals surface area contributed by atoms with Crippen LogP contribution in [0.25, 0.3) is 0 Å². The van der Waals surface area contributed by atoms with Gasteiger partial charge in [-0.15, -0.1) is 0 Å². The minimum absolute atomic E-state index is 0.0910. The maximum Gasteiger partial charge on any atom is 0.472 e. The fourth-order valence-corrected chi connectivity index (χ4v) is 9.27. The zero-order valence-electron chi connectivity index (χ0n) is 45.4. The largest absolute Gasteiger partial charge is 0.472 e. The van der Waals surface area contributed by atoms with Gasteiger partial charge < -0.3 is 18.9 Å². The Bertz CT molecular complexity index is 1120. The lowest BCUT2D eigenvalue weighted by Gasteiger charge is -2.24. The maximum absolute atomic E-state index is 12.8. The molecule has 0 saturated heterocycles. The molecule has 0 aromatic carbocycles. The van der Waals surface area contributed by atoms with Gasteiger partial charge in [0.1, 0.15) is 19.3 Å². The molecule has 0 rings (SSSR count). The number of carbonyl (C=O) groups excluding carboxylic acids is 1. The van der Waals surface area contributed by atoms with Gasteiger partial charge in [-0.05, 0) is 44.9 Å². The van der Waals surface area contributed by atoms with E-state index in [1.54, 1.807) is 0 Å². The number of rotatable bonds is 55. The third-order valence-corrected chi connectivity index (χ3v) is 14.0. The number of hydrogen-bond acceptors (Lipinski definition) is 6. The lowest BCUT2D eigenvalue weighted by atomic mass is 10.0. The molecule has 1 N–H and O–H groups in total. The van der Waals surface area contributed by atoms with Crippen LogP contribution < -0.4 is 0 Å². The standard InChI is InChI=1S/C58H114NO7P/c1-6-8-10-12-14-16-18-20-22-24-26-28-30-31-33-35-37-39-41-43-45-47-49-51-58(60)66-57(56-65-67(61,62)64-54-52-59(3,4)5)55-63-53-50-48-46-44-42-40-38-36-34-32-29-27-25-23-21-19-17-15-13-11-9-7-2/h18,20,24,26,57H,6-17,19,21-23,25,27-56H2,1-5H3/p+1/b20-18-,26-24-. The third-order valence-electron chi connectivity index (χ3n) is 13.0. The van der Waals surface area contributed by atoms with E-state index in [0.29, 0.717) is 24.1 Å². The molecule has 0 aliphatic rings. The highest BCUT2D eigenvalue weighted by atomic mass is 31.2. The van der Waals surface area contributed by atoms with E-state index in [1.165, 1.54) is 225 Å². The fraction of sp³-hybridized carbons (Fsp3) is 0.914. The highest BCUT2D eigenvalue weighted by molar-refractivity contribution is 7.47. The Morgan fingerprint density at radius 3 is 1.21 bits per heavy atom. The predicted molar refractivity (Wildman–Crippen MR) is 289 cm³/mol. The molecule has 9 heteroatoms. The number of likely N-dealkylation sites (N-methyl/N-ethyl adjacent to an activating group) is 1. The first-order valence-corrected chi connectivity index (χ1v) is 30.6. The van der Waals surface area contributed by atoms with Crippen molar-refractivity contribution in [3.05, 3.63) is 24.3 Å². The van der Waals surface area contributed by atoms with E-state index in [-0.39, 0.29) is 25.8 Å². The number of phosphoric ester groups is 1. The van der Waals surface area contributed by atoms with Crippen LogP contribution in [-0.2, 0) is 27.9 Å². The normalized spacial score (nSPS) is 13.6. The number of allylic oxidation sites excluding steroid dienone is 4. The number of unbranched alkanes of at least 4 members (excludes halogenated alkanes) is 37. The number of esters is 1. The van der Waals surface area contributed by atoms with Crippen LogP contribution in [0.5, 0.6) is 0 Å². The van der Waals surface area contributed by atoms with E-state index >= 15 is 0 Å². The van der Waals surface area contributed by atoms with Gasteiger partial charge in [0, 0.05) is 13.0 Å². The number of nitrogens with zero attached hydrogens (tertiary/aromatic N) is 1. The van der Waals surface area contributed by atoms with Gasteiger partial charge in [-0.3, -0.25) is 13.8 Å². The van der Waals surface area contributed by atoms with Gasteiger partial charge in [0.05, 0.1) is 34.4 Å². The van der Waals surface area contributed by atoms with Crippen molar-refractivity contribution in [2.24, 2.45) is 0 Å². The Morgan fingerprint density at radius 2 is 0.821 bits per heavy atom. The van der Waals surface area contributed by atoms with E-state index in [1.807, 2.05) is 21.1 Å².